The standard InChI is InChI=1S/C16H14F2O/c1-19-15-9-7-12(8-10-15)5-6-13-3-2-4-14(11-13)16(17)18/h2-11,16H,1H3. The molecule has 1 nitrogen and oxygen atoms in total. The molecule has 0 fully saturated rings. The van der Waals surface area contributed by atoms with Crippen molar-refractivity contribution in [3.8, 4) is 5.75 Å². The predicted molar refractivity (Wildman–Crippen MR) is 73.3 cm³/mol. The van der Waals surface area contributed by atoms with Gasteiger partial charge in [0.2, 0.25) is 0 Å². The topological polar surface area (TPSA) is 9.23 Å². The highest BCUT2D eigenvalue weighted by Gasteiger charge is 2.05. The Morgan fingerprint density at radius 1 is 0.947 bits per heavy atom. The molecular formula is C16H14F2O. The molecule has 19 heavy (non-hydrogen) atoms. The average molecular weight is 260 g/mol. The van der Waals surface area contributed by atoms with Gasteiger partial charge in [0.15, 0.2) is 0 Å². The van der Waals surface area contributed by atoms with E-state index in [1.54, 1.807) is 19.2 Å². The third kappa shape index (κ3) is 3.65. The molecule has 0 N–H and O–H groups in total. The summed E-state index contributed by atoms with van der Waals surface area (Å²) in [7, 11) is 1.61. The minimum absolute atomic E-state index is 0.0388. The zero-order valence-electron chi connectivity index (χ0n) is 10.5. The van der Waals surface area contributed by atoms with Gasteiger partial charge in [-0.25, -0.2) is 8.78 Å². The van der Waals surface area contributed by atoms with Crippen LogP contribution < -0.4 is 4.74 Å². The number of benzene rings is 2. The molecule has 98 valence electrons. The van der Waals surface area contributed by atoms with Crippen LogP contribution in [0.1, 0.15) is 23.1 Å². The molecule has 0 amide bonds. The summed E-state index contributed by atoms with van der Waals surface area (Å²) in [6.07, 6.45) is 1.26. The Labute approximate surface area is 111 Å². The zero-order chi connectivity index (χ0) is 13.7. The van der Waals surface area contributed by atoms with E-state index in [0.717, 1.165) is 16.9 Å². The van der Waals surface area contributed by atoms with Crippen LogP contribution in [0.15, 0.2) is 48.5 Å². The van der Waals surface area contributed by atoms with E-state index in [1.165, 1.54) is 12.1 Å². The van der Waals surface area contributed by atoms with Crippen LogP contribution in [-0.2, 0) is 0 Å². The van der Waals surface area contributed by atoms with E-state index in [4.69, 9.17) is 4.74 Å². The minimum Gasteiger partial charge on any atom is -0.497 e. The third-order valence-electron chi connectivity index (χ3n) is 2.75. The van der Waals surface area contributed by atoms with Crippen LogP contribution in [0.4, 0.5) is 8.78 Å². The number of ether oxygens (including phenoxy) is 1. The number of hydrogen-bond acceptors (Lipinski definition) is 1. The average Bonchev–Trinajstić information content (AvgIpc) is 2.46. The van der Waals surface area contributed by atoms with E-state index in [0.29, 0.717) is 0 Å². The summed E-state index contributed by atoms with van der Waals surface area (Å²) in [4.78, 5) is 0. The highest BCUT2D eigenvalue weighted by Crippen LogP contribution is 2.20. The largest absolute Gasteiger partial charge is 0.497 e. The summed E-state index contributed by atoms with van der Waals surface area (Å²) in [5.41, 5.74) is 1.79. The summed E-state index contributed by atoms with van der Waals surface area (Å²) in [6, 6.07) is 13.9. The van der Waals surface area contributed by atoms with Crippen LogP contribution in [-0.4, -0.2) is 7.11 Å². The lowest BCUT2D eigenvalue weighted by Crippen LogP contribution is -1.84. The Morgan fingerprint density at radius 2 is 1.63 bits per heavy atom. The second kappa shape index (κ2) is 6.14. The lowest BCUT2D eigenvalue weighted by molar-refractivity contribution is 0.151. The second-order valence-electron chi connectivity index (χ2n) is 4.08. The molecule has 0 saturated carbocycles. The second-order valence-corrected chi connectivity index (χ2v) is 4.08. The molecule has 0 aliphatic heterocycles. The first-order chi connectivity index (χ1) is 9.19. The Bertz CT molecular complexity index is 559. The molecule has 3 heteroatoms. The van der Waals surface area contributed by atoms with Gasteiger partial charge in [-0.2, -0.15) is 0 Å². The van der Waals surface area contributed by atoms with Crippen molar-refractivity contribution in [3.05, 3.63) is 65.2 Å². The van der Waals surface area contributed by atoms with Gasteiger partial charge in [0.25, 0.3) is 6.43 Å². The molecule has 2 aromatic carbocycles. The van der Waals surface area contributed by atoms with Gasteiger partial charge in [-0.05, 0) is 29.3 Å². The molecule has 0 aliphatic carbocycles. The lowest BCUT2D eigenvalue weighted by Gasteiger charge is -2.01. The fourth-order valence-corrected chi connectivity index (χ4v) is 1.71. The molecular weight excluding hydrogens is 246 g/mol. The fraction of sp³-hybridized carbons (Fsp3) is 0.125. The monoisotopic (exact) mass is 260 g/mol. The summed E-state index contributed by atoms with van der Waals surface area (Å²) in [5, 5.41) is 0. The maximum absolute atomic E-state index is 12.6. The molecule has 2 aromatic rings. The Balaban J connectivity index is 2.15. The molecule has 0 heterocycles. The highest BCUT2D eigenvalue weighted by atomic mass is 19.3. The summed E-state index contributed by atoms with van der Waals surface area (Å²) >= 11 is 0. The van der Waals surface area contributed by atoms with Crippen molar-refractivity contribution in [2.24, 2.45) is 0 Å². The lowest BCUT2D eigenvalue weighted by atomic mass is 10.1. The van der Waals surface area contributed by atoms with Crippen molar-refractivity contribution in [2.45, 2.75) is 6.43 Å². The quantitative estimate of drug-likeness (QED) is 0.717. The van der Waals surface area contributed by atoms with Crippen LogP contribution >= 0.6 is 0 Å². The first-order valence-electron chi connectivity index (χ1n) is 5.89. The Kier molecular flexibility index (Phi) is 4.29. The van der Waals surface area contributed by atoms with Gasteiger partial charge in [0, 0.05) is 5.56 Å². The van der Waals surface area contributed by atoms with Gasteiger partial charge in [-0.1, -0.05) is 42.5 Å². The maximum atomic E-state index is 12.6. The highest BCUT2D eigenvalue weighted by molar-refractivity contribution is 5.70. The summed E-state index contributed by atoms with van der Waals surface area (Å²) < 4.78 is 30.2. The first-order valence-corrected chi connectivity index (χ1v) is 5.89. The number of halogens is 2. The molecule has 0 atom stereocenters. The van der Waals surface area contributed by atoms with Crippen molar-refractivity contribution in [1.82, 2.24) is 0 Å². The Hall–Kier alpha value is -2.16. The molecule has 0 bridgehead atoms. The molecule has 0 radical (unpaired) electrons. The van der Waals surface area contributed by atoms with Gasteiger partial charge in [0.1, 0.15) is 5.75 Å². The predicted octanol–water partition coefficient (Wildman–Crippen LogP) is 4.80. The van der Waals surface area contributed by atoms with Crippen LogP contribution in [0.25, 0.3) is 12.2 Å². The summed E-state index contributed by atoms with van der Waals surface area (Å²) in [6.45, 7) is 0. The fourth-order valence-electron chi connectivity index (χ4n) is 1.71. The van der Waals surface area contributed by atoms with Crippen molar-refractivity contribution >= 4 is 12.2 Å². The molecule has 2 rings (SSSR count). The van der Waals surface area contributed by atoms with Crippen LogP contribution in [0.2, 0.25) is 0 Å². The SMILES string of the molecule is COc1ccc(C=Cc2cccc(C(F)F)c2)cc1. The number of hydrogen-bond donors (Lipinski definition) is 0. The van der Waals surface area contributed by atoms with Crippen LogP contribution in [0.5, 0.6) is 5.75 Å². The minimum atomic E-state index is -2.44. The summed E-state index contributed by atoms with van der Waals surface area (Å²) in [5.74, 6) is 0.789. The first kappa shape index (κ1) is 13.3. The van der Waals surface area contributed by atoms with Crippen LogP contribution in [0.3, 0.4) is 0 Å². The van der Waals surface area contributed by atoms with E-state index >= 15 is 0 Å². The van der Waals surface area contributed by atoms with Gasteiger partial charge in [-0.15, -0.1) is 0 Å². The van der Waals surface area contributed by atoms with Crippen molar-refractivity contribution in [2.75, 3.05) is 7.11 Å². The zero-order valence-corrected chi connectivity index (χ0v) is 10.5. The molecule has 0 unspecified atom stereocenters. The van der Waals surface area contributed by atoms with E-state index in [1.807, 2.05) is 36.4 Å². The van der Waals surface area contributed by atoms with Crippen molar-refractivity contribution < 1.29 is 13.5 Å². The van der Waals surface area contributed by atoms with E-state index < -0.39 is 6.43 Å². The van der Waals surface area contributed by atoms with Gasteiger partial charge >= 0.3 is 0 Å². The van der Waals surface area contributed by atoms with Crippen molar-refractivity contribution in [3.63, 3.8) is 0 Å². The van der Waals surface area contributed by atoms with E-state index in [2.05, 4.69) is 0 Å². The third-order valence-corrected chi connectivity index (χ3v) is 2.75. The smallest absolute Gasteiger partial charge is 0.263 e. The van der Waals surface area contributed by atoms with Crippen LogP contribution in [0, 0.1) is 0 Å². The number of methoxy groups -OCH3 is 1. The molecule has 0 aliphatic rings. The normalized spacial score (nSPS) is 11.2. The number of alkyl halides is 2. The Morgan fingerprint density at radius 3 is 2.26 bits per heavy atom. The van der Waals surface area contributed by atoms with Gasteiger partial charge < -0.3 is 4.74 Å². The molecule has 0 saturated heterocycles. The van der Waals surface area contributed by atoms with Gasteiger partial charge in [0.05, 0.1) is 7.11 Å². The molecule has 0 aromatic heterocycles. The van der Waals surface area contributed by atoms with E-state index in [-0.39, 0.29) is 5.56 Å². The maximum Gasteiger partial charge on any atom is 0.263 e. The number of rotatable bonds is 4. The van der Waals surface area contributed by atoms with E-state index in [9.17, 15) is 8.78 Å². The van der Waals surface area contributed by atoms with Crippen molar-refractivity contribution in [1.29, 1.82) is 0 Å². The van der Waals surface area contributed by atoms with Gasteiger partial charge in [-0.3, -0.25) is 0 Å². The molecule has 0 spiro atoms.